The SMILES string of the molecule is COC1(CC(=O)NCc2cc(C(=O)O)ccn2)CCC1. The number of carbonyl (C=O) groups excluding carboxylic acids is 1. The number of carbonyl (C=O) groups is 2. The lowest BCUT2D eigenvalue weighted by Gasteiger charge is -2.39. The molecule has 6 nitrogen and oxygen atoms in total. The van der Waals surface area contributed by atoms with Gasteiger partial charge in [-0.25, -0.2) is 4.79 Å². The van der Waals surface area contributed by atoms with E-state index in [0.29, 0.717) is 12.1 Å². The third-order valence-electron chi connectivity index (χ3n) is 3.71. The lowest BCUT2D eigenvalue weighted by atomic mass is 9.77. The van der Waals surface area contributed by atoms with Gasteiger partial charge in [0.15, 0.2) is 0 Å². The third kappa shape index (κ3) is 3.33. The quantitative estimate of drug-likeness (QED) is 0.820. The Bertz CT molecular complexity index is 506. The Morgan fingerprint density at radius 2 is 2.25 bits per heavy atom. The van der Waals surface area contributed by atoms with Crippen LogP contribution in [0.4, 0.5) is 0 Å². The minimum Gasteiger partial charge on any atom is -0.478 e. The molecule has 1 aliphatic rings. The second-order valence-corrected chi connectivity index (χ2v) is 5.04. The molecule has 0 aliphatic heterocycles. The minimum absolute atomic E-state index is 0.103. The zero-order chi connectivity index (χ0) is 14.6. The van der Waals surface area contributed by atoms with Crippen molar-refractivity contribution in [1.82, 2.24) is 10.3 Å². The summed E-state index contributed by atoms with van der Waals surface area (Å²) in [5, 5.41) is 11.6. The Morgan fingerprint density at radius 3 is 2.80 bits per heavy atom. The van der Waals surface area contributed by atoms with E-state index in [0.717, 1.165) is 19.3 Å². The van der Waals surface area contributed by atoms with E-state index in [1.165, 1.54) is 18.3 Å². The molecule has 1 aromatic rings. The number of amides is 1. The first kappa shape index (κ1) is 14.5. The number of aromatic carboxylic acids is 1. The number of nitrogens with one attached hydrogen (secondary N) is 1. The molecule has 0 aromatic carbocycles. The Hall–Kier alpha value is -1.95. The molecule has 1 heterocycles. The molecule has 1 aromatic heterocycles. The van der Waals surface area contributed by atoms with Gasteiger partial charge in [-0.2, -0.15) is 0 Å². The number of ether oxygens (including phenoxy) is 1. The summed E-state index contributed by atoms with van der Waals surface area (Å²) in [6, 6.07) is 2.87. The molecule has 0 unspecified atom stereocenters. The standard InChI is InChI=1S/C14H18N2O4/c1-20-14(4-2-5-14)8-12(17)16-9-11-7-10(13(18)19)3-6-15-11/h3,6-7H,2,4-5,8-9H2,1H3,(H,16,17)(H,18,19). The van der Waals surface area contributed by atoms with Crippen LogP contribution in [0, 0.1) is 0 Å². The fourth-order valence-corrected chi connectivity index (χ4v) is 2.28. The molecule has 1 aliphatic carbocycles. The summed E-state index contributed by atoms with van der Waals surface area (Å²) in [6.07, 6.45) is 4.66. The molecule has 6 heteroatoms. The summed E-state index contributed by atoms with van der Waals surface area (Å²) < 4.78 is 5.39. The summed E-state index contributed by atoms with van der Waals surface area (Å²) in [5.41, 5.74) is 0.385. The van der Waals surface area contributed by atoms with Gasteiger partial charge in [-0.15, -0.1) is 0 Å². The number of methoxy groups -OCH3 is 1. The molecule has 0 atom stereocenters. The minimum atomic E-state index is -1.01. The van der Waals surface area contributed by atoms with Crippen molar-refractivity contribution < 1.29 is 19.4 Å². The zero-order valence-electron chi connectivity index (χ0n) is 11.4. The number of aromatic nitrogens is 1. The maximum Gasteiger partial charge on any atom is 0.335 e. The van der Waals surface area contributed by atoms with E-state index in [-0.39, 0.29) is 23.6 Å². The number of rotatable bonds is 6. The highest BCUT2D eigenvalue weighted by atomic mass is 16.5. The topological polar surface area (TPSA) is 88.5 Å². The van der Waals surface area contributed by atoms with Crippen molar-refractivity contribution in [3.05, 3.63) is 29.6 Å². The first-order valence-electron chi connectivity index (χ1n) is 6.55. The summed E-state index contributed by atoms with van der Waals surface area (Å²) in [7, 11) is 1.63. The number of hydrogen-bond acceptors (Lipinski definition) is 4. The van der Waals surface area contributed by atoms with Crippen LogP contribution in [0.25, 0.3) is 0 Å². The molecule has 0 bridgehead atoms. The van der Waals surface area contributed by atoms with Crippen LogP contribution < -0.4 is 5.32 Å². The Labute approximate surface area is 117 Å². The molecule has 20 heavy (non-hydrogen) atoms. The first-order chi connectivity index (χ1) is 9.54. The van der Waals surface area contributed by atoms with Crippen molar-refractivity contribution in [2.45, 2.75) is 37.8 Å². The summed E-state index contributed by atoms with van der Waals surface area (Å²) in [6.45, 7) is 0.222. The van der Waals surface area contributed by atoms with E-state index in [2.05, 4.69) is 10.3 Å². The van der Waals surface area contributed by atoms with Crippen molar-refractivity contribution in [3.63, 3.8) is 0 Å². The van der Waals surface area contributed by atoms with E-state index in [1.807, 2.05) is 0 Å². The average molecular weight is 278 g/mol. The van der Waals surface area contributed by atoms with Crippen LogP contribution in [0.5, 0.6) is 0 Å². The average Bonchev–Trinajstić information content (AvgIpc) is 2.41. The van der Waals surface area contributed by atoms with E-state index in [9.17, 15) is 9.59 Å². The predicted octanol–water partition coefficient (Wildman–Crippen LogP) is 1.36. The van der Waals surface area contributed by atoms with Crippen LogP contribution in [0.2, 0.25) is 0 Å². The van der Waals surface area contributed by atoms with E-state index in [1.54, 1.807) is 7.11 Å². The van der Waals surface area contributed by atoms with Gasteiger partial charge in [0.25, 0.3) is 0 Å². The van der Waals surface area contributed by atoms with Crippen LogP contribution in [-0.4, -0.2) is 34.7 Å². The van der Waals surface area contributed by atoms with E-state index in [4.69, 9.17) is 9.84 Å². The highest BCUT2D eigenvalue weighted by molar-refractivity contribution is 5.87. The van der Waals surface area contributed by atoms with Gasteiger partial charge in [0.1, 0.15) is 0 Å². The molecular formula is C14H18N2O4. The number of carboxylic acids is 1. The number of pyridine rings is 1. The first-order valence-corrected chi connectivity index (χ1v) is 6.55. The van der Waals surface area contributed by atoms with Crippen molar-refractivity contribution in [2.75, 3.05) is 7.11 Å². The van der Waals surface area contributed by atoms with Crippen molar-refractivity contribution in [3.8, 4) is 0 Å². The van der Waals surface area contributed by atoms with Gasteiger partial charge in [-0.3, -0.25) is 9.78 Å². The molecular weight excluding hydrogens is 260 g/mol. The van der Waals surface area contributed by atoms with E-state index >= 15 is 0 Å². The van der Waals surface area contributed by atoms with Gasteiger partial charge >= 0.3 is 5.97 Å². The molecule has 1 saturated carbocycles. The number of nitrogens with zero attached hydrogens (tertiary/aromatic N) is 1. The van der Waals surface area contributed by atoms with Gasteiger partial charge in [0.2, 0.25) is 5.91 Å². The van der Waals surface area contributed by atoms with Gasteiger partial charge in [0.05, 0.1) is 29.8 Å². The van der Waals surface area contributed by atoms with Gasteiger partial charge in [-0.1, -0.05) is 0 Å². The summed E-state index contributed by atoms with van der Waals surface area (Å²) in [5.74, 6) is -1.11. The maximum absolute atomic E-state index is 11.9. The normalized spacial score (nSPS) is 16.2. The maximum atomic E-state index is 11.9. The van der Waals surface area contributed by atoms with Crippen LogP contribution in [0.3, 0.4) is 0 Å². The van der Waals surface area contributed by atoms with Crippen molar-refractivity contribution in [2.24, 2.45) is 0 Å². The van der Waals surface area contributed by atoms with Gasteiger partial charge in [0, 0.05) is 13.3 Å². The van der Waals surface area contributed by atoms with Crippen molar-refractivity contribution >= 4 is 11.9 Å². The molecule has 2 N–H and O–H groups in total. The third-order valence-corrected chi connectivity index (χ3v) is 3.71. The smallest absolute Gasteiger partial charge is 0.335 e. The number of carboxylic acid groups (broad SMARTS) is 1. The molecule has 1 fully saturated rings. The lowest BCUT2D eigenvalue weighted by molar-refractivity contribution is -0.134. The molecule has 1 amide bonds. The summed E-state index contributed by atoms with van der Waals surface area (Å²) in [4.78, 5) is 26.7. The molecule has 108 valence electrons. The Balaban J connectivity index is 1.87. The van der Waals surface area contributed by atoms with Crippen LogP contribution in [-0.2, 0) is 16.1 Å². The lowest BCUT2D eigenvalue weighted by Crippen LogP contribution is -2.43. The monoisotopic (exact) mass is 278 g/mol. The Morgan fingerprint density at radius 1 is 1.50 bits per heavy atom. The highest BCUT2D eigenvalue weighted by Crippen LogP contribution is 2.37. The fraction of sp³-hybridized carbons (Fsp3) is 0.500. The highest BCUT2D eigenvalue weighted by Gasteiger charge is 2.38. The van der Waals surface area contributed by atoms with E-state index < -0.39 is 5.97 Å². The van der Waals surface area contributed by atoms with Gasteiger partial charge < -0.3 is 15.2 Å². The molecule has 0 saturated heterocycles. The zero-order valence-corrected chi connectivity index (χ0v) is 11.4. The molecule has 0 spiro atoms. The Kier molecular flexibility index (Phi) is 4.34. The fourth-order valence-electron chi connectivity index (χ4n) is 2.28. The van der Waals surface area contributed by atoms with Crippen LogP contribution >= 0.6 is 0 Å². The molecule has 2 rings (SSSR count). The largest absolute Gasteiger partial charge is 0.478 e. The van der Waals surface area contributed by atoms with Crippen LogP contribution in [0.15, 0.2) is 18.3 Å². The van der Waals surface area contributed by atoms with Crippen molar-refractivity contribution in [1.29, 1.82) is 0 Å². The second kappa shape index (κ2) is 6.00. The van der Waals surface area contributed by atoms with Crippen LogP contribution in [0.1, 0.15) is 41.7 Å². The molecule has 0 radical (unpaired) electrons. The predicted molar refractivity (Wildman–Crippen MR) is 71.3 cm³/mol. The second-order valence-electron chi connectivity index (χ2n) is 5.04. The van der Waals surface area contributed by atoms with Gasteiger partial charge in [-0.05, 0) is 31.4 Å². The number of hydrogen-bond donors (Lipinski definition) is 2. The summed E-state index contributed by atoms with van der Waals surface area (Å²) >= 11 is 0.